The summed E-state index contributed by atoms with van der Waals surface area (Å²) in [7, 11) is 0. The molecule has 0 spiro atoms. The van der Waals surface area contributed by atoms with E-state index in [0.717, 1.165) is 49.0 Å². The standard InChI is InChI=1S/C28H22F2N6.C2HF3O2/c29-23-19-7-5-17(27-31-9-10-32-27)13-21(19)35-25(23)15-1-2-16(4-3-15)26-24(30)20-8-6-18(14-22(20)36-26)28-33-11-12-34-28;3-2(4,5)1(6)7/h1-8,13-14,35-36H,9-12H2,(H,31,32)(H,33,34);(H,6,7). The van der Waals surface area contributed by atoms with Crippen LogP contribution in [0.25, 0.3) is 44.3 Å². The first kappa shape index (κ1) is 27.9. The van der Waals surface area contributed by atoms with Crippen molar-refractivity contribution in [2.45, 2.75) is 6.18 Å². The number of amidine groups is 2. The minimum absolute atomic E-state index is 0.307. The molecule has 0 fully saturated rings. The van der Waals surface area contributed by atoms with Gasteiger partial charge in [0.05, 0.1) is 24.5 Å². The third-order valence-corrected chi connectivity index (χ3v) is 7.07. The Bertz CT molecular complexity index is 1790. The molecule has 5 aromatic rings. The Morgan fingerprint density at radius 2 is 1.05 bits per heavy atom. The zero-order chi connectivity index (χ0) is 30.3. The number of carboxylic acids is 1. The molecule has 43 heavy (non-hydrogen) atoms. The summed E-state index contributed by atoms with van der Waals surface area (Å²) in [6.07, 6.45) is -5.08. The van der Waals surface area contributed by atoms with E-state index in [-0.39, 0.29) is 11.6 Å². The van der Waals surface area contributed by atoms with Gasteiger partial charge in [0.2, 0.25) is 0 Å². The molecule has 7 rings (SSSR count). The fraction of sp³-hybridized carbons (Fsp3) is 0.167. The number of aliphatic carboxylic acids is 1. The second-order valence-corrected chi connectivity index (χ2v) is 9.84. The molecule has 2 aliphatic heterocycles. The van der Waals surface area contributed by atoms with E-state index in [2.05, 4.69) is 30.6 Å². The number of aliphatic imine (C=N–C) groups is 2. The molecule has 0 unspecified atom stereocenters. The van der Waals surface area contributed by atoms with E-state index in [1.165, 1.54) is 0 Å². The molecule has 0 radical (unpaired) electrons. The van der Waals surface area contributed by atoms with Crippen LogP contribution in [0, 0.1) is 11.6 Å². The first-order chi connectivity index (χ1) is 20.6. The number of aromatic nitrogens is 2. The highest BCUT2D eigenvalue weighted by Gasteiger charge is 2.38. The van der Waals surface area contributed by atoms with Gasteiger partial charge in [-0.25, -0.2) is 13.6 Å². The van der Waals surface area contributed by atoms with Gasteiger partial charge in [-0.05, 0) is 24.3 Å². The summed E-state index contributed by atoms with van der Waals surface area (Å²) in [6, 6.07) is 18.4. The first-order valence-electron chi connectivity index (χ1n) is 13.2. The lowest BCUT2D eigenvalue weighted by Gasteiger charge is -2.02. The minimum atomic E-state index is -5.08. The fourth-order valence-electron chi connectivity index (χ4n) is 5.01. The summed E-state index contributed by atoms with van der Waals surface area (Å²) in [5.41, 5.74) is 5.46. The lowest BCUT2D eigenvalue weighted by Crippen LogP contribution is -2.21. The van der Waals surface area contributed by atoms with Crippen LogP contribution in [0.1, 0.15) is 11.1 Å². The molecule has 0 aliphatic carbocycles. The van der Waals surface area contributed by atoms with E-state index in [9.17, 15) is 13.2 Å². The van der Waals surface area contributed by atoms with Crippen LogP contribution in [0.3, 0.4) is 0 Å². The number of nitrogens with one attached hydrogen (secondary N) is 4. The molecule has 4 heterocycles. The lowest BCUT2D eigenvalue weighted by atomic mass is 10.1. The Kier molecular flexibility index (Phi) is 7.08. The number of hydrogen-bond acceptors (Lipinski definition) is 5. The Balaban J connectivity index is 0.000000423. The Morgan fingerprint density at radius 3 is 1.37 bits per heavy atom. The molecule has 5 N–H and O–H groups in total. The number of halogens is 5. The number of carboxylic acid groups (broad SMARTS) is 1. The third-order valence-electron chi connectivity index (χ3n) is 7.07. The summed E-state index contributed by atoms with van der Waals surface area (Å²) >= 11 is 0. The number of nitrogens with zero attached hydrogens (tertiary/aromatic N) is 2. The molecule has 220 valence electrons. The van der Waals surface area contributed by atoms with Gasteiger partial charge < -0.3 is 25.7 Å². The number of H-pyrrole nitrogens is 2. The first-order valence-corrected chi connectivity index (χ1v) is 13.2. The van der Waals surface area contributed by atoms with Gasteiger partial charge in [0.15, 0.2) is 11.6 Å². The molecule has 0 bridgehead atoms. The maximum Gasteiger partial charge on any atom is 0.490 e. The molecule has 2 aliphatic rings. The lowest BCUT2D eigenvalue weighted by molar-refractivity contribution is -0.192. The van der Waals surface area contributed by atoms with Gasteiger partial charge in [-0.1, -0.05) is 36.4 Å². The van der Waals surface area contributed by atoms with E-state index in [1.807, 2.05) is 24.3 Å². The number of alkyl halides is 3. The molecule has 0 amide bonds. The van der Waals surface area contributed by atoms with Crippen molar-refractivity contribution in [3.8, 4) is 22.5 Å². The van der Waals surface area contributed by atoms with Gasteiger partial charge >= 0.3 is 12.1 Å². The van der Waals surface area contributed by atoms with Crippen molar-refractivity contribution in [3.63, 3.8) is 0 Å². The van der Waals surface area contributed by atoms with Crippen molar-refractivity contribution in [1.29, 1.82) is 0 Å². The Hall–Kier alpha value is -5.20. The van der Waals surface area contributed by atoms with Gasteiger partial charge in [0.25, 0.3) is 0 Å². The van der Waals surface area contributed by atoms with Crippen LogP contribution in [-0.4, -0.2) is 65.1 Å². The highest BCUT2D eigenvalue weighted by Crippen LogP contribution is 2.33. The molecular formula is C30H23F5N6O2. The average Bonchev–Trinajstić information content (AvgIpc) is 3.81. The van der Waals surface area contributed by atoms with Gasteiger partial charge in [0.1, 0.15) is 11.7 Å². The minimum Gasteiger partial charge on any atom is -0.475 e. The molecular weight excluding hydrogens is 571 g/mol. The van der Waals surface area contributed by atoms with Crippen molar-refractivity contribution in [1.82, 2.24) is 20.6 Å². The highest BCUT2D eigenvalue weighted by atomic mass is 19.4. The predicted molar refractivity (Wildman–Crippen MR) is 153 cm³/mol. The number of benzene rings is 3. The van der Waals surface area contributed by atoms with Gasteiger partial charge in [-0.3, -0.25) is 9.98 Å². The fourth-order valence-corrected chi connectivity index (χ4v) is 5.01. The van der Waals surface area contributed by atoms with Gasteiger partial charge in [-0.2, -0.15) is 13.2 Å². The van der Waals surface area contributed by atoms with Crippen LogP contribution in [0.4, 0.5) is 22.0 Å². The van der Waals surface area contributed by atoms with E-state index in [4.69, 9.17) is 9.90 Å². The van der Waals surface area contributed by atoms with Crippen molar-refractivity contribution < 1.29 is 31.9 Å². The topological polar surface area (TPSA) is 118 Å². The number of rotatable bonds is 4. The molecule has 8 nitrogen and oxygen atoms in total. The summed E-state index contributed by atoms with van der Waals surface area (Å²) in [4.78, 5) is 24.2. The summed E-state index contributed by atoms with van der Waals surface area (Å²) in [5.74, 6) is -1.71. The Morgan fingerprint density at radius 1 is 0.674 bits per heavy atom. The van der Waals surface area contributed by atoms with Gasteiger partial charge in [0, 0.05) is 57.1 Å². The molecule has 0 atom stereocenters. The summed E-state index contributed by atoms with van der Waals surface area (Å²) < 4.78 is 62.3. The average molecular weight is 595 g/mol. The molecule has 13 heteroatoms. The van der Waals surface area contributed by atoms with E-state index in [1.54, 1.807) is 36.4 Å². The molecule has 0 saturated heterocycles. The highest BCUT2D eigenvalue weighted by molar-refractivity contribution is 6.04. The molecule has 2 aromatic heterocycles. The Labute approximate surface area is 240 Å². The zero-order valence-electron chi connectivity index (χ0n) is 22.2. The van der Waals surface area contributed by atoms with E-state index >= 15 is 8.78 Å². The van der Waals surface area contributed by atoms with Crippen molar-refractivity contribution in [3.05, 3.63) is 83.4 Å². The molecule has 0 saturated carbocycles. The van der Waals surface area contributed by atoms with Crippen LogP contribution in [0.2, 0.25) is 0 Å². The van der Waals surface area contributed by atoms with Gasteiger partial charge in [-0.15, -0.1) is 0 Å². The number of carbonyl (C=O) groups is 1. The second-order valence-electron chi connectivity index (χ2n) is 9.84. The zero-order valence-corrected chi connectivity index (χ0v) is 22.2. The maximum atomic E-state index is 15.3. The van der Waals surface area contributed by atoms with Crippen molar-refractivity contribution >= 4 is 39.4 Å². The van der Waals surface area contributed by atoms with Crippen LogP contribution in [0.5, 0.6) is 0 Å². The van der Waals surface area contributed by atoms with E-state index in [0.29, 0.717) is 44.3 Å². The van der Waals surface area contributed by atoms with E-state index < -0.39 is 12.1 Å². The van der Waals surface area contributed by atoms with Crippen LogP contribution < -0.4 is 10.6 Å². The maximum absolute atomic E-state index is 15.3. The quantitative estimate of drug-likeness (QED) is 0.174. The summed E-state index contributed by atoms with van der Waals surface area (Å²) in [5, 5.41) is 14.7. The summed E-state index contributed by atoms with van der Waals surface area (Å²) in [6.45, 7) is 3.12. The van der Waals surface area contributed by atoms with Crippen molar-refractivity contribution in [2.24, 2.45) is 9.98 Å². The normalized spacial score (nSPS) is 14.6. The molecule has 3 aromatic carbocycles. The second kappa shape index (κ2) is 10.9. The van der Waals surface area contributed by atoms with Crippen molar-refractivity contribution in [2.75, 3.05) is 26.2 Å². The van der Waals surface area contributed by atoms with Crippen LogP contribution in [-0.2, 0) is 4.79 Å². The largest absolute Gasteiger partial charge is 0.490 e. The predicted octanol–water partition coefficient (Wildman–Crippen LogP) is 5.59. The van der Waals surface area contributed by atoms with Crippen LogP contribution in [0.15, 0.2) is 70.6 Å². The number of hydrogen-bond donors (Lipinski definition) is 5. The monoisotopic (exact) mass is 594 g/mol. The third kappa shape index (κ3) is 5.41. The number of fused-ring (bicyclic) bond motifs is 2. The smallest absolute Gasteiger partial charge is 0.475 e. The van der Waals surface area contributed by atoms with Crippen LogP contribution >= 0.6 is 0 Å². The number of aromatic amines is 2. The SMILES string of the molecule is Fc1c(-c2ccc(-c3[nH]c4cc(C5=NCCN5)ccc4c3F)cc2)[nH]c2cc(C3=NCCN3)ccc12.O=C(O)C(F)(F)F.